The van der Waals surface area contributed by atoms with Crippen LogP contribution in [-0.2, 0) is 14.3 Å². The standard InChI is InChI=1S/C25H23NO6/c1-29-23-16-18(9-15-25(28)30-2)8-14-22(23)31-17-24(27)26-19-10-12-21(13-11-19)32-20-6-4-3-5-7-20/h3-16H,17H2,1-2H3,(H,26,27)/b15-9+. The normalized spacial score (nSPS) is 10.4. The van der Waals surface area contributed by atoms with E-state index in [1.165, 1.54) is 20.3 Å². The Morgan fingerprint density at radius 3 is 2.28 bits per heavy atom. The van der Waals surface area contributed by atoms with Gasteiger partial charge in [-0.3, -0.25) is 4.79 Å². The lowest BCUT2D eigenvalue weighted by molar-refractivity contribution is -0.134. The van der Waals surface area contributed by atoms with Crippen LogP contribution in [0.2, 0.25) is 0 Å². The number of amides is 1. The summed E-state index contributed by atoms with van der Waals surface area (Å²) in [6.07, 6.45) is 2.90. The largest absolute Gasteiger partial charge is 0.493 e. The lowest BCUT2D eigenvalue weighted by Crippen LogP contribution is -2.20. The van der Waals surface area contributed by atoms with Crippen LogP contribution in [0.4, 0.5) is 5.69 Å². The third-order valence-corrected chi connectivity index (χ3v) is 4.28. The Balaban J connectivity index is 1.54. The van der Waals surface area contributed by atoms with Crippen LogP contribution in [0.1, 0.15) is 5.56 Å². The molecule has 7 heteroatoms. The molecule has 0 saturated heterocycles. The Morgan fingerprint density at radius 1 is 0.875 bits per heavy atom. The molecule has 0 aliphatic carbocycles. The Hall–Kier alpha value is -4.26. The van der Waals surface area contributed by atoms with Crippen LogP contribution >= 0.6 is 0 Å². The minimum atomic E-state index is -0.458. The van der Waals surface area contributed by atoms with Gasteiger partial charge in [0.25, 0.3) is 5.91 Å². The average molecular weight is 433 g/mol. The number of hydrogen-bond donors (Lipinski definition) is 1. The highest BCUT2D eigenvalue weighted by Gasteiger charge is 2.09. The van der Waals surface area contributed by atoms with Gasteiger partial charge < -0.3 is 24.3 Å². The van der Waals surface area contributed by atoms with E-state index >= 15 is 0 Å². The van der Waals surface area contributed by atoms with Crippen LogP contribution in [0, 0.1) is 0 Å². The lowest BCUT2D eigenvalue weighted by Gasteiger charge is -2.12. The molecule has 7 nitrogen and oxygen atoms in total. The van der Waals surface area contributed by atoms with Crippen LogP contribution in [-0.4, -0.2) is 32.7 Å². The fraction of sp³-hybridized carbons (Fsp3) is 0.120. The smallest absolute Gasteiger partial charge is 0.330 e. The molecule has 0 saturated carbocycles. The van der Waals surface area contributed by atoms with Gasteiger partial charge in [0, 0.05) is 11.8 Å². The number of anilines is 1. The van der Waals surface area contributed by atoms with Gasteiger partial charge in [-0.05, 0) is 60.2 Å². The van der Waals surface area contributed by atoms with Crippen molar-refractivity contribution in [3.63, 3.8) is 0 Å². The summed E-state index contributed by atoms with van der Waals surface area (Å²) in [6, 6.07) is 21.6. The summed E-state index contributed by atoms with van der Waals surface area (Å²) in [5, 5.41) is 2.77. The van der Waals surface area contributed by atoms with Gasteiger partial charge in [0.1, 0.15) is 11.5 Å². The van der Waals surface area contributed by atoms with Crippen molar-refractivity contribution in [3.8, 4) is 23.0 Å². The van der Waals surface area contributed by atoms with Crippen molar-refractivity contribution in [1.29, 1.82) is 0 Å². The maximum atomic E-state index is 12.3. The Bertz CT molecular complexity index is 1080. The minimum Gasteiger partial charge on any atom is -0.493 e. The van der Waals surface area contributed by atoms with E-state index in [-0.39, 0.29) is 12.5 Å². The predicted molar refractivity (Wildman–Crippen MR) is 121 cm³/mol. The number of ether oxygens (including phenoxy) is 4. The molecule has 0 atom stereocenters. The summed E-state index contributed by atoms with van der Waals surface area (Å²) in [6.45, 7) is -0.198. The van der Waals surface area contributed by atoms with E-state index < -0.39 is 5.97 Å². The van der Waals surface area contributed by atoms with Crippen molar-refractivity contribution < 1.29 is 28.5 Å². The molecule has 0 spiro atoms. The molecule has 32 heavy (non-hydrogen) atoms. The van der Waals surface area contributed by atoms with E-state index in [2.05, 4.69) is 10.1 Å². The molecule has 0 aliphatic rings. The minimum absolute atomic E-state index is 0.198. The maximum Gasteiger partial charge on any atom is 0.330 e. The van der Waals surface area contributed by atoms with Crippen LogP contribution in [0.25, 0.3) is 6.08 Å². The van der Waals surface area contributed by atoms with Crippen LogP contribution in [0.15, 0.2) is 78.9 Å². The van der Waals surface area contributed by atoms with Gasteiger partial charge in [0.15, 0.2) is 18.1 Å². The van der Waals surface area contributed by atoms with Gasteiger partial charge in [-0.1, -0.05) is 24.3 Å². The summed E-state index contributed by atoms with van der Waals surface area (Å²) in [5.41, 5.74) is 1.34. The third-order valence-electron chi connectivity index (χ3n) is 4.28. The van der Waals surface area contributed by atoms with Crippen LogP contribution < -0.4 is 19.5 Å². The fourth-order valence-electron chi connectivity index (χ4n) is 2.71. The van der Waals surface area contributed by atoms with Gasteiger partial charge in [0.2, 0.25) is 0 Å². The van der Waals surface area contributed by atoms with Crippen molar-refractivity contribution >= 4 is 23.6 Å². The molecule has 1 amide bonds. The summed E-state index contributed by atoms with van der Waals surface area (Å²) in [5.74, 6) is 1.46. The molecular weight excluding hydrogens is 410 g/mol. The molecule has 1 N–H and O–H groups in total. The molecule has 0 fully saturated rings. The van der Waals surface area contributed by atoms with Crippen molar-refractivity contribution in [2.24, 2.45) is 0 Å². The van der Waals surface area contributed by atoms with Gasteiger partial charge in [-0.15, -0.1) is 0 Å². The van der Waals surface area contributed by atoms with E-state index in [9.17, 15) is 9.59 Å². The molecule has 164 valence electrons. The average Bonchev–Trinajstić information content (AvgIpc) is 2.83. The number of benzene rings is 3. The Morgan fingerprint density at radius 2 is 1.59 bits per heavy atom. The SMILES string of the molecule is COC(=O)/C=C/c1ccc(OCC(=O)Nc2ccc(Oc3ccccc3)cc2)c(OC)c1. The van der Waals surface area contributed by atoms with Crippen molar-refractivity contribution in [2.45, 2.75) is 0 Å². The lowest BCUT2D eigenvalue weighted by atomic mass is 10.2. The van der Waals surface area contributed by atoms with Gasteiger partial charge in [-0.2, -0.15) is 0 Å². The molecule has 3 aromatic carbocycles. The molecule has 0 heterocycles. The van der Waals surface area contributed by atoms with E-state index in [0.29, 0.717) is 22.9 Å². The van der Waals surface area contributed by atoms with Crippen molar-refractivity contribution in [1.82, 2.24) is 0 Å². The highest BCUT2D eigenvalue weighted by atomic mass is 16.5. The molecular formula is C25H23NO6. The van der Waals surface area contributed by atoms with Crippen molar-refractivity contribution in [2.75, 3.05) is 26.1 Å². The second-order valence-corrected chi connectivity index (χ2v) is 6.54. The molecule has 3 rings (SSSR count). The van der Waals surface area contributed by atoms with E-state index in [0.717, 1.165) is 11.3 Å². The topological polar surface area (TPSA) is 83.1 Å². The highest BCUT2D eigenvalue weighted by Crippen LogP contribution is 2.29. The molecule has 0 aromatic heterocycles. The van der Waals surface area contributed by atoms with E-state index in [4.69, 9.17) is 14.2 Å². The number of carbonyl (C=O) groups excluding carboxylic acids is 2. The first-order chi connectivity index (χ1) is 15.6. The number of hydrogen-bond acceptors (Lipinski definition) is 6. The van der Waals surface area contributed by atoms with Crippen LogP contribution in [0.5, 0.6) is 23.0 Å². The number of esters is 1. The number of para-hydroxylation sites is 1. The van der Waals surface area contributed by atoms with Crippen molar-refractivity contribution in [3.05, 3.63) is 84.4 Å². The van der Waals surface area contributed by atoms with Gasteiger partial charge >= 0.3 is 5.97 Å². The van der Waals surface area contributed by atoms with E-state index in [1.807, 2.05) is 30.3 Å². The molecule has 0 aliphatic heterocycles. The predicted octanol–water partition coefficient (Wildman–Crippen LogP) is 4.69. The molecule has 3 aromatic rings. The first kappa shape index (κ1) is 22.4. The number of methoxy groups -OCH3 is 2. The molecule has 0 unspecified atom stereocenters. The fourth-order valence-corrected chi connectivity index (χ4v) is 2.71. The highest BCUT2D eigenvalue weighted by molar-refractivity contribution is 5.92. The number of carbonyl (C=O) groups is 2. The zero-order valence-corrected chi connectivity index (χ0v) is 17.7. The first-order valence-corrected chi connectivity index (χ1v) is 9.77. The molecule has 0 radical (unpaired) electrons. The second kappa shape index (κ2) is 11.2. The summed E-state index contributed by atoms with van der Waals surface area (Å²) in [4.78, 5) is 23.5. The number of nitrogens with one attached hydrogen (secondary N) is 1. The summed E-state index contributed by atoms with van der Waals surface area (Å²) < 4.78 is 21.2. The Kier molecular flexibility index (Phi) is 7.86. The van der Waals surface area contributed by atoms with E-state index in [1.54, 1.807) is 48.5 Å². The number of rotatable bonds is 9. The van der Waals surface area contributed by atoms with Gasteiger partial charge in [-0.25, -0.2) is 4.79 Å². The first-order valence-electron chi connectivity index (χ1n) is 9.77. The second-order valence-electron chi connectivity index (χ2n) is 6.54. The van der Waals surface area contributed by atoms with Crippen LogP contribution in [0.3, 0.4) is 0 Å². The summed E-state index contributed by atoms with van der Waals surface area (Å²) in [7, 11) is 2.80. The summed E-state index contributed by atoms with van der Waals surface area (Å²) >= 11 is 0. The third kappa shape index (κ3) is 6.63. The Labute approximate surface area is 186 Å². The molecule has 0 bridgehead atoms. The zero-order valence-electron chi connectivity index (χ0n) is 17.7. The quantitative estimate of drug-likeness (QED) is 0.389. The maximum absolute atomic E-state index is 12.3. The van der Waals surface area contributed by atoms with Gasteiger partial charge in [0.05, 0.1) is 14.2 Å². The monoisotopic (exact) mass is 433 g/mol. The zero-order chi connectivity index (χ0) is 22.8.